The Morgan fingerprint density at radius 3 is 2.17 bits per heavy atom. The second kappa shape index (κ2) is 9.43. The van der Waals surface area contributed by atoms with Gasteiger partial charge in [0.25, 0.3) is 5.56 Å². The predicted molar refractivity (Wildman–Crippen MR) is 114 cm³/mol. The zero-order chi connectivity index (χ0) is 21.7. The number of benzene rings is 2. The maximum absolute atomic E-state index is 13.1. The number of ether oxygens (including phenoxy) is 2. The topological polar surface area (TPSA) is 79.5 Å². The molecule has 0 spiro atoms. The summed E-state index contributed by atoms with van der Waals surface area (Å²) < 4.78 is 12.0. The summed E-state index contributed by atoms with van der Waals surface area (Å²) >= 11 is 0. The van der Waals surface area contributed by atoms with Gasteiger partial charge in [-0.3, -0.25) is 4.79 Å². The standard InChI is InChI=1S/C23H26N2O5/c1-4-10-19-20(15-17-13-9-12-16-11-7-8-14-18(16)17)24(22(27)29-5-2)25(21(19)26)23(28)30-6-3/h7-9,11-14H,4-6,10,15H2,1-3H3. The van der Waals surface area contributed by atoms with Crippen LogP contribution in [0.2, 0.25) is 0 Å². The van der Waals surface area contributed by atoms with Gasteiger partial charge in [-0.05, 0) is 36.6 Å². The summed E-state index contributed by atoms with van der Waals surface area (Å²) in [5, 5.41) is 2.08. The van der Waals surface area contributed by atoms with E-state index in [9.17, 15) is 14.4 Å². The number of rotatable bonds is 6. The molecule has 0 atom stereocenters. The van der Waals surface area contributed by atoms with Crippen molar-refractivity contribution in [2.75, 3.05) is 13.2 Å². The first kappa shape index (κ1) is 21.4. The number of hydrogen-bond acceptors (Lipinski definition) is 5. The SMILES string of the molecule is CCCc1c(Cc2cccc3ccccc23)n(C(=O)OCC)n(C(=O)OCC)c1=O. The lowest BCUT2D eigenvalue weighted by molar-refractivity contribution is 0.128. The lowest BCUT2D eigenvalue weighted by Gasteiger charge is -2.13. The molecular formula is C23H26N2O5. The zero-order valence-electron chi connectivity index (χ0n) is 17.5. The summed E-state index contributed by atoms with van der Waals surface area (Å²) in [4.78, 5) is 38.4. The smallest absolute Gasteiger partial charge is 0.436 e. The molecule has 0 saturated carbocycles. The minimum absolute atomic E-state index is 0.0844. The van der Waals surface area contributed by atoms with Crippen LogP contribution in [-0.4, -0.2) is 34.8 Å². The van der Waals surface area contributed by atoms with Crippen LogP contribution in [0.25, 0.3) is 10.8 Å². The van der Waals surface area contributed by atoms with Crippen molar-refractivity contribution in [2.45, 2.75) is 40.0 Å². The van der Waals surface area contributed by atoms with Crippen LogP contribution in [0, 0.1) is 0 Å². The summed E-state index contributed by atoms with van der Waals surface area (Å²) in [5.41, 5.74) is 1.28. The van der Waals surface area contributed by atoms with Crippen molar-refractivity contribution < 1.29 is 19.1 Å². The molecule has 0 aliphatic carbocycles. The van der Waals surface area contributed by atoms with Crippen molar-refractivity contribution in [3.8, 4) is 0 Å². The van der Waals surface area contributed by atoms with E-state index in [1.165, 1.54) is 0 Å². The van der Waals surface area contributed by atoms with Gasteiger partial charge in [-0.25, -0.2) is 9.59 Å². The van der Waals surface area contributed by atoms with Gasteiger partial charge in [-0.15, -0.1) is 4.68 Å². The van der Waals surface area contributed by atoms with Gasteiger partial charge in [0.15, 0.2) is 0 Å². The van der Waals surface area contributed by atoms with Gasteiger partial charge in [0.1, 0.15) is 0 Å². The number of hydrogen-bond donors (Lipinski definition) is 0. The van der Waals surface area contributed by atoms with E-state index in [1.54, 1.807) is 13.8 Å². The van der Waals surface area contributed by atoms with Crippen molar-refractivity contribution in [1.82, 2.24) is 9.36 Å². The molecule has 3 aromatic rings. The van der Waals surface area contributed by atoms with Crippen LogP contribution in [-0.2, 0) is 22.3 Å². The average Bonchev–Trinajstić information content (AvgIpc) is 3.01. The average molecular weight is 410 g/mol. The van der Waals surface area contributed by atoms with Crippen molar-refractivity contribution >= 4 is 23.0 Å². The molecule has 0 bridgehead atoms. The Labute approximate surface area is 174 Å². The van der Waals surface area contributed by atoms with Crippen molar-refractivity contribution in [3.05, 3.63) is 69.6 Å². The highest BCUT2D eigenvalue weighted by Gasteiger charge is 2.29. The molecule has 0 amide bonds. The van der Waals surface area contributed by atoms with E-state index in [2.05, 4.69) is 0 Å². The Morgan fingerprint density at radius 2 is 1.50 bits per heavy atom. The Hall–Kier alpha value is -3.35. The Morgan fingerprint density at radius 1 is 0.867 bits per heavy atom. The van der Waals surface area contributed by atoms with Gasteiger partial charge in [0, 0.05) is 12.0 Å². The largest absolute Gasteiger partial charge is 0.448 e. The molecule has 0 saturated heterocycles. The normalized spacial score (nSPS) is 10.9. The van der Waals surface area contributed by atoms with Crippen molar-refractivity contribution in [2.24, 2.45) is 0 Å². The second-order valence-corrected chi connectivity index (χ2v) is 6.82. The van der Waals surface area contributed by atoms with E-state index >= 15 is 0 Å². The maximum Gasteiger partial charge on any atom is 0.436 e. The van der Waals surface area contributed by atoms with Gasteiger partial charge in [-0.2, -0.15) is 4.68 Å². The number of carbonyl (C=O) groups excluding carboxylic acids is 2. The molecule has 1 heterocycles. The van der Waals surface area contributed by atoms with Gasteiger partial charge in [-0.1, -0.05) is 55.8 Å². The molecular weight excluding hydrogens is 384 g/mol. The predicted octanol–water partition coefficient (Wildman–Crippen LogP) is 4.36. The van der Waals surface area contributed by atoms with E-state index in [4.69, 9.17) is 9.47 Å². The van der Waals surface area contributed by atoms with Crippen LogP contribution in [0.3, 0.4) is 0 Å². The van der Waals surface area contributed by atoms with E-state index in [0.717, 1.165) is 25.7 Å². The summed E-state index contributed by atoms with van der Waals surface area (Å²) in [7, 11) is 0. The van der Waals surface area contributed by atoms with Crippen LogP contribution in [0.5, 0.6) is 0 Å². The minimum atomic E-state index is -0.892. The van der Waals surface area contributed by atoms with E-state index in [0.29, 0.717) is 30.5 Å². The first-order valence-corrected chi connectivity index (χ1v) is 10.2. The fourth-order valence-electron chi connectivity index (χ4n) is 3.63. The van der Waals surface area contributed by atoms with E-state index in [1.807, 2.05) is 49.4 Å². The molecule has 0 aliphatic rings. The van der Waals surface area contributed by atoms with Crippen molar-refractivity contribution in [3.63, 3.8) is 0 Å². The number of aromatic nitrogens is 2. The van der Waals surface area contributed by atoms with E-state index in [-0.39, 0.29) is 13.2 Å². The number of carbonyl (C=O) groups is 2. The quantitative estimate of drug-likeness (QED) is 0.603. The fourth-order valence-corrected chi connectivity index (χ4v) is 3.63. The molecule has 1 aromatic heterocycles. The van der Waals surface area contributed by atoms with Crippen LogP contribution in [0.15, 0.2) is 47.3 Å². The minimum Gasteiger partial charge on any atom is -0.448 e. The first-order chi connectivity index (χ1) is 14.5. The Kier molecular flexibility index (Phi) is 6.72. The third-order valence-electron chi connectivity index (χ3n) is 4.87. The lowest BCUT2D eigenvalue weighted by atomic mass is 9.98. The van der Waals surface area contributed by atoms with Gasteiger partial charge in [0.2, 0.25) is 0 Å². The van der Waals surface area contributed by atoms with E-state index < -0.39 is 17.7 Å². The highest BCUT2D eigenvalue weighted by Crippen LogP contribution is 2.23. The molecule has 0 radical (unpaired) electrons. The molecule has 7 heteroatoms. The monoisotopic (exact) mass is 410 g/mol. The molecule has 0 fully saturated rings. The number of fused-ring (bicyclic) bond motifs is 1. The van der Waals surface area contributed by atoms with Crippen LogP contribution >= 0.6 is 0 Å². The Balaban J connectivity index is 2.25. The third kappa shape index (κ3) is 4.01. The summed E-state index contributed by atoms with van der Waals surface area (Å²) in [6.07, 6.45) is -0.243. The number of nitrogens with zero attached hydrogens (tertiary/aromatic N) is 2. The molecule has 3 rings (SSSR count). The molecule has 0 N–H and O–H groups in total. The van der Waals surface area contributed by atoms with Gasteiger partial charge < -0.3 is 9.47 Å². The Bertz CT molecular complexity index is 1120. The first-order valence-electron chi connectivity index (χ1n) is 10.2. The molecule has 2 aromatic carbocycles. The third-order valence-corrected chi connectivity index (χ3v) is 4.87. The highest BCUT2D eigenvalue weighted by molar-refractivity contribution is 5.86. The fraction of sp³-hybridized carbons (Fsp3) is 0.348. The summed E-state index contributed by atoms with van der Waals surface area (Å²) in [6.45, 7) is 5.46. The molecule has 158 valence electrons. The summed E-state index contributed by atoms with van der Waals surface area (Å²) in [6, 6.07) is 13.8. The molecule has 0 aliphatic heterocycles. The van der Waals surface area contributed by atoms with Crippen LogP contribution in [0.4, 0.5) is 9.59 Å². The van der Waals surface area contributed by atoms with Crippen LogP contribution in [0.1, 0.15) is 44.0 Å². The highest BCUT2D eigenvalue weighted by atomic mass is 16.6. The second-order valence-electron chi connectivity index (χ2n) is 6.82. The van der Waals surface area contributed by atoms with Gasteiger partial charge >= 0.3 is 12.2 Å². The lowest BCUT2D eigenvalue weighted by Crippen LogP contribution is -2.35. The van der Waals surface area contributed by atoms with Crippen LogP contribution < -0.4 is 5.56 Å². The van der Waals surface area contributed by atoms with Crippen molar-refractivity contribution in [1.29, 1.82) is 0 Å². The zero-order valence-corrected chi connectivity index (χ0v) is 17.5. The molecule has 0 unspecified atom stereocenters. The summed E-state index contributed by atoms with van der Waals surface area (Å²) in [5.74, 6) is 0. The maximum atomic E-state index is 13.1. The molecule has 30 heavy (non-hydrogen) atoms. The molecule has 7 nitrogen and oxygen atoms in total. The van der Waals surface area contributed by atoms with Gasteiger partial charge in [0.05, 0.1) is 18.9 Å².